The van der Waals surface area contributed by atoms with Crippen LogP contribution in [0.15, 0.2) is 42.7 Å². The fourth-order valence-electron chi connectivity index (χ4n) is 2.43. The van der Waals surface area contributed by atoms with Gasteiger partial charge in [-0.3, -0.25) is 25.0 Å². The Morgan fingerprint density at radius 2 is 1.81 bits per heavy atom. The summed E-state index contributed by atoms with van der Waals surface area (Å²) in [5.41, 5.74) is 1.15. The molecule has 26 heavy (non-hydrogen) atoms. The number of rotatable bonds is 5. The van der Waals surface area contributed by atoms with Gasteiger partial charge in [-0.1, -0.05) is 0 Å². The number of amides is 1. The lowest BCUT2D eigenvalue weighted by molar-refractivity contribution is -0.394. The second-order valence-corrected chi connectivity index (χ2v) is 5.64. The predicted octanol–water partition coefficient (Wildman–Crippen LogP) is 2.39. The molecule has 0 atom stereocenters. The van der Waals surface area contributed by atoms with Gasteiger partial charge in [0, 0.05) is 24.5 Å². The van der Waals surface area contributed by atoms with Gasteiger partial charge in [0.1, 0.15) is 5.65 Å². The highest BCUT2D eigenvalue weighted by Gasteiger charge is 2.19. The summed E-state index contributed by atoms with van der Waals surface area (Å²) >= 11 is 0. The monoisotopic (exact) mass is 355 g/mol. The largest absolute Gasteiger partial charge is 0.346 e. The second-order valence-electron chi connectivity index (χ2n) is 5.64. The van der Waals surface area contributed by atoms with Crippen molar-refractivity contribution in [1.29, 1.82) is 0 Å². The first-order valence-electron chi connectivity index (χ1n) is 7.50. The minimum Gasteiger partial charge on any atom is -0.346 e. The molecular weight excluding hydrogens is 342 g/mol. The third kappa shape index (κ3) is 3.48. The van der Waals surface area contributed by atoms with Gasteiger partial charge in [-0.05, 0) is 24.6 Å². The van der Waals surface area contributed by atoms with E-state index in [1.165, 1.54) is 0 Å². The van der Waals surface area contributed by atoms with Crippen molar-refractivity contribution in [3.63, 3.8) is 0 Å². The Labute approximate surface area is 146 Å². The SMILES string of the molecule is Cc1ccn2cc(CNC(=O)c3cc([N+](=O)[O-])cc([N+](=O)[O-])c3)nc2c1. The molecule has 10 nitrogen and oxygen atoms in total. The van der Waals surface area contributed by atoms with Crippen molar-refractivity contribution in [1.82, 2.24) is 14.7 Å². The molecule has 0 radical (unpaired) electrons. The standard InChI is InChI=1S/C16H13N5O5/c1-10-2-3-19-9-12(18-15(19)4-10)8-17-16(22)11-5-13(20(23)24)7-14(6-11)21(25)26/h2-7,9H,8H2,1H3,(H,17,22). The number of nitrogens with zero attached hydrogens (tertiary/aromatic N) is 4. The zero-order valence-corrected chi connectivity index (χ0v) is 13.6. The Bertz CT molecular complexity index is 1010. The molecule has 132 valence electrons. The van der Waals surface area contributed by atoms with E-state index >= 15 is 0 Å². The molecule has 2 aromatic heterocycles. The summed E-state index contributed by atoms with van der Waals surface area (Å²) < 4.78 is 1.80. The van der Waals surface area contributed by atoms with Crippen molar-refractivity contribution in [3.8, 4) is 0 Å². The molecule has 0 saturated heterocycles. The smallest absolute Gasteiger partial charge is 0.277 e. The number of nitro benzene ring substituents is 2. The summed E-state index contributed by atoms with van der Waals surface area (Å²) in [6, 6.07) is 6.60. The zero-order valence-electron chi connectivity index (χ0n) is 13.6. The number of fused-ring (bicyclic) bond motifs is 1. The summed E-state index contributed by atoms with van der Waals surface area (Å²) in [6.07, 6.45) is 3.58. The fraction of sp³-hybridized carbons (Fsp3) is 0.125. The van der Waals surface area contributed by atoms with Crippen LogP contribution in [0.25, 0.3) is 5.65 Å². The first kappa shape index (κ1) is 17.0. The predicted molar refractivity (Wildman–Crippen MR) is 90.9 cm³/mol. The van der Waals surface area contributed by atoms with Crippen LogP contribution in [0.5, 0.6) is 0 Å². The highest BCUT2D eigenvalue weighted by atomic mass is 16.6. The van der Waals surface area contributed by atoms with E-state index in [-0.39, 0.29) is 12.1 Å². The minimum atomic E-state index is -0.784. The van der Waals surface area contributed by atoms with E-state index in [0.29, 0.717) is 5.69 Å². The molecule has 0 aliphatic rings. The van der Waals surface area contributed by atoms with Crippen molar-refractivity contribution >= 4 is 22.9 Å². The Morgan fingerprint density at radius 1 is 1.15 bits per heavy atom. The van der Waals surface area contributed by atoms with Crippen molar-refractivity contribution in [2.24, 2.45) is 0 Å². The number of hydrogen-bond donors (Lipinski definition) is 1. The molecule has 3 aromatic rings. The average molecular weight is 355 g/mol. The van der Waals surface area contributed by atoms with Gasteiger partial charge in [0.25, 0.3) is 17.3 Å². The lowest BCUT2D eigenvalue weighted by Crippen LogP contribution is -2.23. The number of nitro groups is 2. The molecule has 0 saturated carbocycles. The normalized spacial score (nSPS) is 10.7. The van der Waals surface area contributed by atoms with E-state index in [4.69, 9.17) is 0 Å². The summed E-state index contributed by atoms with van der Waals surface area (Å²) in [5, 5.41) is 24.4. The molecule has 0 aliphatic heterocycles. The van der Waals surface area contributed by atoms with Gasteiger partial charge in [0.15, 0.2) is 0 Å². The van der Waals surface area contributed by atoms with Crippen LogP contribution in [-0.2, 0) is 6.54 Å². The van der Waals surface area contributed by atoms with Crippen molar-refractivity contribution in [3.05, 3.63) is 79.8 Å². The van der Waals surface area contributed by atoms with E-state index in [1.807, 2.05) is 25.3 Å². The van der Waals surface area contributed by atoms with E-state index in [0.717, 1.165) is 29.4 Å². The molecule has 0 fully saturated rings. The fourth-order valence-corrected chi connectivity index (χ4v) is 2.43. The summed E-state index contributed by atoms with van der Waals surface area (Å²) in [7, 11) is 0. The van der Waals surface area contributed by atoms with E-state index in [2.05, 4.69) is 10.3 Å². The number of carbonyl (C=O) groups is 1. The molecule has 0 unspecified atom stereocenters. The Morgan fingerprint density at radius 3 is 2.42 bits per heavy atom. The van der Waals surface area contributed by atoms with Crippen LogP contribution in [0.4, 0.5) is 11.4 Å². The molecule has 0 spiro atoms. The van der Waals surface area contributed by atoms with Gasteiger partial charge >= 0.3 is 0 Å². The highest BCUT2D eigenvalue weighted by Crippen LogP contribution is 2.22. The number of aryl methyl sites for hydroxylation is 1. The molecule has 3 rings (SSSR count). The van der Waals surface area contributed by atoms with Crippen LogP contribution >= 0.6 is 0 Å². The molecule has 0 aliphatic carbocycles. The van der Waals surface area contributed by atoms with Crippen molar-refractivity contribution in [2.45, 2.75) is 13.5 Å². The van der Waals surface area contributed by atoms with Crippen LogP contribution < -0.4 is 5.32 Å². The number of carbonyl (C=O) groups excluding carboxylic acids is 1. The minimum absolute atomic E-state index is 0.0794. The maximum Gasteiger partial charge on any atom is 0.277 e. The molecule has 10 heteroatoms. The van der Waals surface area contributed by atoms with Crippen molar-refractivity contribution < 1.29 is 14.6 Å². The highest BCUT2D eigenvalue weighted by molar-refractivity contribution is 5.95. The third-order valence-electron chi connectivity index (χ3n) is 3.68. The molecular formula is C16H13N5O5. The lowest BCUT2D eigenvalue weighted by atomic mass is 10.1. The summed E-state index contributed by atoms with van der Waals surface area (Å²) in [6.45, 7) is 2.02. The first-order valence-corrected chi connectivity index (χ1v) is 7.50. The van der Waals surface area contributed by atoms with Crippen LogP contribution in [0, 0.1) is 27.2 Å². The van der Waals surface area contributed by atoms with Crippen molar-refractivity contribution in [2.75, 3.05) is 0 Å². The van der Waals surface area contributed by atoms with Gasteiger partial charge < -0.3 is 9.72 Å². The molecule has 1 aromatic carbocycles. The number of nitrogens with one attached hydrogen (secondary N) is 1. The van der Waals surface area contributed by atoms with Crippen LogP contribution in [0.2, 0.25) is 0 Å². The van der Waals surface area contributed by atoms with Crippen LogP contribution in [0.1, 0.15) is 21.6 Å². The van der Waals surface area contributed by atoms with Gasteiger partial charge in [-0.15, -0.1) is 0 Å². The molecule has 0 bridgehead atoms. The molecule has 1 N–H and O–H groups in total. The number of imidazole rings is 1. The quantitative estimate of drug-likeness (QED) is 0.552. The van der Waals surface area contributed by atoms with E-state index in [9.17, 15) is 25.0 Å². The Balaban J connectivity index is 1.80. The maximum atomic E-state index is 12.2. The van der Waals surface area contributed by atoms with Gasteiger partial charge in [0.05, 0.1) is 33.7 Å². The maximum absolute atomic E-state index is 12.2. The van der Waals surface area contributed by atoms with Crippen LogP contribution in [-0.4, -0.2) is 25.1 Å². The zero-order chi connectivity index (χ0) is 18.8. The van der Waals surface area contributed by atoms with E-state index in [1.54, 1.807) is 10.6 Å². The molecule has 2 heterocycles. The first-order chi connectivity index (χ1) is 12.3. The second kappa shape index (κ2) is 6.59. The van der Waals surface area contributed by atoms with Crippen LogP contribution in [0.3, 0.4) is 0 Å². The van der Waals surface area contributed by atoms with Gasteiger partial charge in [-0.25, -0.2) is 4.98 Å². The Kier molecular flexibility index (Phi) is 4.31. The lowest BCUT2D eigenvalue weighted by Gasteiger charge is -2.03. The summed E-state index contributed by atoms with van der Waals surface area (Å²) in [5.74, 6) is -0.662. The topological polar surface area (TPSA) is 133 Å². The van der Waals surface area contributed by atoms with E-state index < -0.39 is 27.1 Å². The number of benzene rings is 1. The number of hydrogen-bond acceptors (Lipinski definition) is 6. The summed E-state index contributed by atoms with van der Waals surface area (Å²) in [4.78, 5) is 36.8. The number of non-ortho nitro benzene ring substituents is 2. The average Bonchev–Trinajstić information content (AvgIpc) is 3.01. The Hall–Kier alpha value is -3.82. The molecule has 1 amide bonds. The van der Waals surface area contributed by atoms with Gasteiger partial charge in [-0.2, -0.15) is 0 Å². The van der Waals surface area contributed by atoms with Gasteiger partial charge in [0.2, 0.25) is 0 Å². The number of pyridine rings is 1. The third-order valence-corrected chi connectivity index (χ3v) is 3.68. The number of aromatic nitrogens is 2.